The van der Waals surface area contributed by atoms with Crippen molar-refractivity contribution in [2.24, 2.45) is 5.41 Å². The molecular weight excluding hydrogens is 250 g/mol. The van der Waals surface area contributed by atoms with Crippen LogP contribution < -0.4 is 0 Å². The first kappa shape index (κ1) is 13.4. The van der Waals surface area contributed by atoms with Gasteiger partial charge in [0.2, 0.25) is 0 Å². The van der Waals surface area contributed by atoms with E-state index in [0.29, 0.717) is 23.7 Å². The van der Waals surface area contributed by atoms with E-state index < -0.39 is 6.10 Å². The number of nitrogens with zero attached hydrogens (tertiary/aromatic N) is 1. The summed E-state index contributed by atoms with van der Waals surface area (Å²) in [6, 6.07) is 6.85. The number of aliphatic hydroxyl groups is 1. The fourth-order valence-electron chi connectivity index (χ4n) is 2.10. The Morgan fingerprint density at radius 1 is 1.39 bits per heavy atom. The average molecular weight is 268 g/mol. The topological polar surface area (TPSA) is 40.5 Å². The van der Waals surface area contributed by atoms with E-state index in [2.05, 4.69) is 0 Å². The first-order valence-corrected chi connectivity index (χ1v) is 6.51. The van der Waals surface area contributed by atoms with Crippen LogP contribution in [-0.2, 0) is 0 Å². The SMILES string of the molecule is CC1(C)CCN(C(=O)c2ccc(Cl)cc2)CC1O. The highest BCUT2D eigenvalue weighted by molar-refractivity contribution is 6.30. The molecule has 3 nitrogen and oxygen atoms in total. The van der Waals surface area contributed by atoms with E-state index in [1.165, 1.54) is 0 Å². The van der Waals surface area contributed by atoms with Gasteiger partial charge in [-0.1, -0.05) is 25.4 Å². The summed E-state index contributed by atoms with van der Waals surface area (Å²) in [4.78, 5) is 13.9. The predicted molar refractivity (Wildman–Crippen MR) is 71.8 cm³/mol. The second-order valence-electron chi connectivity index (χ2n) is 5.51. The van der Waals surface area contributed by atoms with Crippen LogP contribution in [0.25, 0.3) is 0 Å². The third-order valence-corrected chi connectivity index (χ3v) is 3.95. The average Bonchev–Trinajstić information content (AvgIpc) is 2.33. The molecule has 1 amide bonds. The van der Waals surface area contributed by atoms with Gasteiger partial charge < -0.3 is 10.0 Å². The second kappa shape index (κ2) is 4.90. The van der Waals surface area contributed by atoms with Crippen molar-refractivity contribution in [3.63, 3.8) is 0 Å². The number of benzene rings is 1. The molecule has 0 bridgehead atoms. The molecule has 98 valence electrons. The molecule has 1 heterocycles. The Morgan fingerprint density at radius 2 is 2.00 bits per heavy atom. The third kappa shape index (κ3) is 2.68. The second-order valence-corrected chi connectivity index (χ2v) is 5.95. The molecule has 1 aliphatic rings. The van der Waals surface area contributed by atoms with Crippen LogP contribution in [0.3, 0.4) is 0 Å². The van der Waals surface area contributed by atoms with Crippen LogP contribution in [0.1, 0.15) is 30.6 Å². The van der Waals surface area contributed by atoms with Crippen molar-refractivity contribution < 1.29 is 9.90 Å². The van der Waals surface area contributed by atoms with Crippen LogP contribution in [0, 0.1) is 5.41 Å². The fraction of sp³-hybridized carbons (Fsp3) is 0.500. The van der Waals surface area contributed by atoms with E-state index in [-0.39, 0.29) is 11.3 Å². The van der Waals surface area contributed by atoms with Gasteiger partial charge in [-0.2, -0.15) is 0 Å². The van der Waals surface area contributed by atoms with Gasteiger partial charge in [-0.25, -0.2) is 0 Å². The summed E-state index contributed by atoms with van der Waals surface area (Å²) in [6.45, 7) is 5.14. The predicted octanol–water partition coefficient (Wildman–Crippen LogP) is 2.57. The summed E-state index contributed by atoms with van der Waals surface area (Å²) >= 11 is 5.80. The summed E-state index contributed by atoms with van der Waals surface area (Å²) < 4.78 is 0. The van der Waals surface area contributed by atoms with Crippen LogP contribution >= 0.6 is 11.6 Å². The van der Waals surface area contributed by atoms with Crippen molar-refractivity contribution in [3.05, 3.63) is 34.9 Å². The van der Waals surface area contributed by atoms with E-state index in [0.717, 1.165) is 6.42 Å². The van der Waals surface area contributed by atoms with Gasteiger partial charge in [-0.15, -0.1) is 0 Å². The van der Waals surface area contributed by atoms with Crippen LogP contribution in [0.15, 0.2) is 24.3 Å². The summed E-state index contributed by atoms with van der Waals surface area (Å²) in [6.07, 6.45) is 0.343. The standard InChI is InChI=1S/C14H18ClNO2/c1-14(2)7-8-16(9-12(14)17)13(18)10-3-5-11(15)6-4-10/h3-6,12,17H,7-9H2,1-2H3. The lowest BCUT2D eigenvalue weighted by atomic mass is 9.80. The van der Waals surface area contributed by atoms with Gasteiger partial charge in [0.15, 0.2) is 0 Å². The number of carbonyl (C=O) groups excluding carboxylic acids is 1. The van der Waals surface area contributed by atoms with E-state index in [4.69, 9.17) is 11.6 Å². The lowest BCUT2D eigenvalue weighted by Crippen LogP contribution is -2.50. The van der Waals surface area contributed by atoms with Crippen molar-refractivity contribution >= 4 is 17.5 Å². The van der Waals surface area contributed by atoms with Crippen molar-refractivity contribution in [3.8, 4) is 0 Å². The highest BCUT2D eigenvalue weighted by Crippen LogP contribution is 2.30. The van der Waals surface area contributed by atoms with Gasteiger partial charge in [-0.05, 0) is 36.1 Å². The van der Waals surface area contributed by atoms with Gasteiger partial charge in [0, 0.05) is 23.7 Å². The molecule has 0 aromatic heterocycles. The molecule has 1 aromatic carbocycles. The lowest BCUT2D eigenvalue weighted by molar-refractivity contribution is -0.0190. The fourth-order valence-corrected chi connectivity index (χ4v) is 2.22. The molecule has 0 radical (unpaired) electrons. The third-order valence-electron chi connectivity index (χ3n) is 3.70. The number of likely N-dealkylation sites (tertiary alicyclic amines) is 1. The monoisotopic (exact) mass is 267 g/mol. The maximum absolute atomic E-state index is 12.2. The summed E-state index contributed by atoms with van der Waals surface area (Å²) in [7, 11) is 0. The van der Waals surface area contributed by atoms with E-state index in [1.807, 2.05) is 13.8 Å². The van der Waals surface area contributed by atoms with Crippen molar-refractivity contribution in [2.75, 3.05) is 13.1 Å². The molecule has 18 heavy (non-hydrogen) atoms. The van der Waals surface area contributed by atoms with Gasteiger partial charge in [0.05, 0.1) is 6.10 Å². The van der Waals surface area contributed by atoms with Crippen molar-refractivity contribution in [2.45, 2.75) is 26.4 Å². The van der Waals surface area contributed by atoms with Crippen LogP contribution in [0.2, 0.25) is 5.02 Å². The molecular formula is C14H18ClNO2. The van der Waals surface area contributed by atoms with Gasteiger partial charge in [0.25, 0.3) is 5.91 Å². The number of hydrogen-bond acceptors (Lipinski definition) is 2. The highest BCUT2D eigenvalue weighted by atomic mass is 35.5. The summed E-state index contributed by atoms with van der Waals surface area (Å²) in [5.41, 5.74) is 0.503. The Hall–Kier alpha value is -1.06. The Bertz CT molecular complexity index is 442. The number of piperidine rings is 1. The molecule has 1 saturated heterocycles. The highest BCUT2D eigenvalue weighted by Gasteiger charge is 2.35. The molecule has 1 aliphatic heterocycles. The lowest BCUT2D eigenvalue weighted by Gasteiger charge is -2.41. The number of rotatable bonds is 1. The zero-order valence-electron chi connectivity index (χ0n) is 10.7. The molecule has 0 saturated carbocycles. The maximum atomic E-state index is 12.2. The normalized spacial score (nSPS) is 22.9. The van der Waals surface area contributed by atoms with Gasteiger partial charge >= 0.3 is 0 Å². The minimum atomic E-state index is -0.470. The summed E-state index contributed by atoms with van der Waals surface area (Å²) in [5.74, 6) is -0.0405. The zero-order chi connectivity index (χ0) is 13.3. The summed E-state index contributed by atoms with van der Waals surface area (Å²) in [5, 5.41) is 10.6. The van der Waals surface area contributed by atoms with Crippen molar-refractivity contribution in [1.82, 2.24) is 4.90 Å². The maximum Gasteiger partial charge on any atom is 0.253 e. The number of amides is 1. The largest absolute Gasteiger partial charge is 0.391 e. The van der Waals surface area contributed by atoms with E-state index in [9.17, 15) is 9.90 Å². The molecule has 0 spiro atoms. The number of hydrogen-bond donors (Lipinski definition) is 1. The molecule has 4 heteroatoms. The van der Waals surface area contributed by atoms with Crippen LogP contribution in [0.4, 0.5) is 0 Å². The molecule has 1 N–H and O–H groups in total. The first-order chi connectivity index (χ1) is 8.40. The zero-order valence-corrected chi connectivity index (χ0v) is 11.4. The smallest absolute Gasteiger partial charge is 0.253 e. The Labute approximate surface area is 112 Å². The number of carbonyl (C=O) groups is 1. The van der Waals surface area contributed by atoms with E-state index in [1.54, 1.807) is 29.2 Å². The van der Waals surface area contributed by atoms with E-state index >= 15 is 0 Å². The molecule has 0 aliphatic carbocycles. The quantitative estimate of drug-likeness (QED) is 0.850. The Balaban J connectivity index is 2.09. The van der Waals surface area contributed by atoms with Crippen molar-refractivity contribution in [1.29, 1.82) is 0 Å². The minimum absolute atomic E-state index is 0.0405. The van der Waals surface area contributed by atoms with Crippen LogP contribution in [0.5, 0.6) is 0 Å². The minimum Gasteiger partial charge on any atom is -0.391 e. The Morgan fingerprint density at radius 3 is 2.56 bits per heavy atom. The molecule has 1 unspecified atom stereocenters. The number of β-amino-alcohol motifs (C(OH)–C–C–N with tert-alkyl or cyclic N) is 1. The number of halogens is 1. The number of aliphatic hydroxyl groups excluding tert-OH is 1. The van der Waals surface area contributed by atoms with Gasteiger partial charge in [0.1, 0.15) is 0 Å². The molecule has 1 atom stereocenters. The van der Waals surface area contributed by atoms with Gasteiger partial charge in [-0.3, -0.25) is 4.79 Å². The molecule has 2 rings (SSSR count). The Kier molecular flexibility index (Phi) is 3.64. The molecule has 1 aromatic rings. The van der Waals surface area contributed by atoms with Crippen LogP contribution in [-0.4, -0.2) is 35.1 Å². The first-order valence-electron chi connectivity index (χ1n) is 6.13. The molecule has 1 fully saturated rings.